The number of ether oxygens (including phenoxy) is 2. The van der Waals surface area contributed by atoms with Crippen molar-refractivity contribution in [1.82, 2.24) is 9.97 Å². The normalized spacial score (nSPS) is 22.0. The Morgan fingerprint density at radius 1 is 1.29 bits per heavy atom. The van der Waals surface area contributed by atoms with Crippen molar-refractivity contribution in [3.8, 4) is 5.88 Å². The maximum Gasteiger partial charge on any atom is 0.252 e. The summed E-state index contributed by atoms with van der Waals surface area (Å²) in [5.41, 5.74) is 0. The minimum Gasteiger partial charge on any atom is -0.469 e. The molecular formula is C14H19F2N3O4S. The summed E-state index contributed by atoms with van der Waals surface area (Å²) in [6.07, 6.45) is 1.02. The summed E-state index contributed by atoms with van der Waals surface area (Å²) in [4.78, 5) is 7.88. The second kappa shape index (κ2) is 6.40. The molecule has 0 spiro atoms. The molecule has 2 fully saturated rings. The minimum atomic E-state index is -3.63. The zero-order chi connectivity index (χ0) is 17.4. The molecule has 1 aromatic rings. The molecule has 1 aliphatic heterocycles. The minimum absolute atomic E-state index is 0.127. The summed E-state index contributed by atoms with van der Waals surface area (Å²) in [5, 5.41) is 2.66. The quantitative estimate of drug-likeness (QED) is 0.796. The Labute approximate surface area is 138 Å². The fourth-order valence-electron chi connectivity index (χ4n) is 2.55. The van der Waals surface area contributed by atoms with Gasteiger partial charge in [0.1, 0.15) is 11.9 Å². The highest BCUT2D eigenvalue weighted by atomic mass is 32.2. The van der Waals surface area contributed by atoms with Crippen LogP contribution in [0.2, 0.25) is 0 Å². The summed E-state index contributed by atoms with van der Waals surface area (Å²) in [5.74, 6) is -2.24. The first-order valence-corrected chi connectivity index (χ1v) is 9.58. The van der Waals surface area contributed by atoms with Crippen molar-refractivity contribution >= 4 is 15.7 Å². The zero-order valence-electron chi connectivity index (χ0n) is 13.2. The van der Waals surface area contributed by atoms with E-state index in [2.05, 4.69) is 15.3 Å². The fourth-order valence-corrected chi connectivity index (χ4v) is 3.07. The van der Waals surface area contributed by atoms with Crippen LogP contribution in [-0.4, -0.2) is 55.9 Å². The smallest absolute Gasteiger partial charge is 0.252 e. The summed E-state index contributed by atoms with van der Waals surface area (Å²) in [6, 6.07) is 1.30. The van der Waals surface area contributed by atoms with E-state index in [4.69, 9.17) is 9.47 Å². The third-order valence-electron chi connectivity index (χ3n) is 3.98. The van der Waals surface area contributed by atoms with Crippen molar-refractivity contribution in [3.05, 3.63) is 6.07 Å². The summed E-state index contributed by atoms with van der Waals surface area (Å²) >= 11 is 0. The van der Waals surface area contributed by atoms with Gasteiger partial charge in [-0.2, -0.15) is 4.98 Å². The van der Waals surface area contributed by atoms with Gasteiger partial charge in [0.25, 0.3) is 5.16 Å². The van der Waals surface area contributed by atoms with E-state index >= 15 is 0 Å². The van der Waals surface area contributed by atoms with Crippen molar-refractivity contribution in [2.75, 3.05) is 24.8 Å². The lowest BCUT2D eigenvalue weighted by Crippen LogP contribution is -2.39. The molecule has 10 heteroatoms. The second-order valence-corrected chi connectivity index (χ2v) is 8.11. The van der Waals surface area contributed by atoms with Gasteiger partial charge < -0.3 is 14.8 Å². The molecule has 1 aromatic heterocycles. The van der Waals surface area contributed by atoms with Crippen LogP contribution in [0.15, 0.2) is 11.2 Å². The molecule has 7 nitrogen and oxygen atoms in total. The molecule has 3 rings (SSSR count). The largest absolute Gasteiger partial charge is 0.469 e. The first-order valence-electron chi connectivity index (χ1n) is 7.69. The van der Waals surface area contributed by atoms with Gasteiger partial charge in [0.2, 0.25) is 21.6 Å². The third kappa shape index (κ3) is 4.29. The van der Waals surface area contributed by atoms with E-state index < -0.39 is 15.8 Å². The van der Waals surface area contributed by atoms with Gasteiger partial charge in [0.05, 0.1) is 13.2 Å². The van der Waals surface area contributed by atoms with Crippen molar-refractivity contribution in [3.63, 3.8) is 0 Å². The van der Waals surface area contributed by atoms with Gasteiger partial charge in [0, 0.05) is 31.2 Å². The molecule has 134 valence electrons. The Kier molecular flexibility index (Phi) is 4.60. The topological polar surface area (TPSA) is 90.4 Å². The molecule has 0 amide bonds. The second-order valence-electron chi connectivity index (χ2n) is 6.20. The molecule has 0 unspecified atom stereocenters. The van der Waals surface area contributed by atoms with Gasteiger partial charge >= 0.3 is 0 Å². The summed E-state index contributed by atoms with van der Waals surface area (Å²) < 4.78 is 60.5. The highest BCUT2D eigenvalue weighted by molar-refractivity contribution is 7.90. The van der Waals surface area contributed by atoms with Gasteiger partial charge in [-0.3, -0.25) is 0 Å². The Bertz CT molecular complexity index is 700. The summed E-state index contributed by atoms with van der Waals surface area (Å²) in [6.45, 7) is 0.831. The molecule has 2 heterocycles. The lowest BCUT2D eigenvalue weighted by atomic mass is 9.92. The number of hydrogen-bond acceptors (Lipinski definition) is 7. The van der Waals surface area contributed by atoms with Gasteiger partial charge in [-0.05, 0) is 12.8 Å². The SMILES string of the molecule is CS(=O)(=O)c1nc(NC2CCC(F)(F)CC2)cc(OC2COC2)n1. The zero-order valence-corrected chi connectivity index (χ0v) is 14.0. The average molecular weight is 363 g/mol. The Morgan fingerprint density at radius 2 is 1.96 bits per heavy atom. The molecule has 0 bridgehead atoms. The van der Waals surface area contributed by atoms with Crippen LogP contribution in [-0.2, 0) is 14.6 Å². The number of halogens is 2. The predicted molar refractivity (Wildman–Crippen MR) is 81.2 cm³/mol. The Hall–Kier alpha value is -1.55. The number of sulfone groups is 1. The van der Waals surface area contributed by atoms with Crippen molar-refractivity contribution in [2.45, 2.75) is 48.9 Å². The van der Waals surface area contributed by atoms with Gasteiger partial charge in [0.15, 0.2) is 0 Å². The standard InChI is InChI=1S/C14H19F2N3O4S/c1-24(20,21)13-18-11(6-12(19-13)23-10-7-22-8-10)17-9-2-4-14(15,16)5-3-9/h6,9-10H,2-5,7-8H2,1H3,(H,17,18,19). The first-order chi connectivity index (χ1) is 11.2. The van der Waals surface area contributed by atoms with Crippen LogP contribution in [0.5, 0.6) is 5.88 Å². The Morgan fingerprint density at radius 3 is 2.50 bits per heavy atom. The van der Waals surface area contributed by atoms with E-state index in [1.807, 2.05) is 0 Å². The fraction of sp³-hybridized carbons (Fsp3) is 0.714. The van der Waals surface area contributed by atoms with Crippen LogP contribution in [0, 0.1) is 0 Å². The molecule has 1 aliphatic carbocycles. The van der Waals surface area contributed by atoms with E-state index in [9.17, 15) is 17.2 Å². The molecule has 0 radical (unpaired) electrons. The number of hydrogen-bond donors (Lipinski definition) is 1. The van der Waals surface area contributed by atoms with Gasteiger partial charge in [-0.1, -0.05) is 0 Å². The van der Waals surface area contributed by atoms with Gasteiger partial charge in [-0.25, -0.2) is 22.2 Å². The number of aromatic nitrogens is 2. The van der Waals surface area contributed by atoms with E-state index in [-0.39, 0.29) is 54.7 Å². The monoisotopic (exact) mass is 363 g/mol. The van der Waals surface area contributed by atoms with Crippen molar-refractivity contribution in [2.24, 2.45) is 0 Å². The van der Waals surface area contributed by atoms with Crippen LogP contribution < -0.4 is 10.1 Å². The van der Waals surface area contributed by atoms with Crippen molar-refractivity contribution in [1.29, 1.82) is 0 Å². The van der Waals surface area contributed by atoms with E-state index in [1.165, 1.54) is 6.07 Å². The first kappa shape index (κ1) is 17.3. The number of rotatable bonds is 5. The lowest BCUT2D eigenvalue weighted by molar-refractivity contribution is -0.0815. The molecular weight excluding hydrogens is 344 g/mol. The van der Waals surface area contributed by atoms with E-state index in [1.54, 1.807) is 0 Å². The molecule has 0 atom stereocenters. The van der Waals surface area contributed by atoms with Crippen LogP contribution in [0.25, 0.3) is 0 Å². The maximum absolute atomic E-state index is 13.2. The lowest BCUT2D eigenvalue weighted by Gasteiger charge is -2.29. The van der Waals surface area contributed by atoms with Gasteiger partial charge in [-0.15, -0.1) is 0 Å². The molecule has 1 saturated heterocycles. The van der Waals surface area contributed by atoms with Crippen LogP contribution in [0.1, 0.15) is 25.7 Å². The Balaban J connectivity index is 1.77. The van der Waals surface area contributed by atoms with E-state index in [0.29, 0.717) is 13.2 Å². The summed E-state index contributed by atoms with van der Waals surface area (Å²) in [7, 11) is -3.63. The van der Waals surface area contributed by atoms with Crippen LogP contribution in [0.3, 0.4) is 0 Å². The number of anilines is 1. The highest BCUT2D eigenvalue weighted by Crippen LogP contribution is 2.34. The number of nitrogens with zero attached hydrogens (tertiary/aromatic N) is 2. The predicted octanol–water partition coefficient (Wildman–Crippen LogP) is 1.65. The molecule has 0 aromatic carbocycles. The molecule has 24 heavy (non-hydrogen) atoms. The maximum atomic E-state index is 13.2. The molecule has 1 N–H and O–H groups in total. The van der Waals surface area contributed by atoms with Crippen molar-refractivity contribution < 1.29 is 26.7 Å². The molecule has 1 saturated carbocycles. The van der Waals surface area contributed by atoms with Crippen LogP contribution >= 0.6 is 0 Å². The van der Waals surface area contributed by atoms with E-state index in [0.717, 1.165) is 6.26 Å². The van der Waals surface area contributed by atoms with Crippen LogP contribution in [0.4, 0.5) is 14.6 Å². The third-order valence-corrected chi connectivity index (χ3v) is 4.82. The number of alkyl halides is 2. The number of nitrogens with one attached hydrogen (secondary N) is 1. The average Bonchev–Trinajstić information content (AvgIpc) is 2.44. The molecule has 2 aliphatic rings. The highest BCUT2D eigenvalue weighted by Gasteiger charge is 2.35.